The molecule has 0 saturated carbocycles. The van der Waals surface area contributed by atoms with Gasteiger partial charge in [0.1, 0.15) is 0 Å². The molecular formula is C24H21F3N8O2. The number of tetrazole rings is 1. The highest BCUT2D eigenvalue weighted by molar-refractivity contribution is 6.00. The second kappa shape index (κ2) is 9.84. The van der Waals surface area contributed by atoms with Crippen LogP contribution in [-0.2, 0) is 6.18 Å². The van der Waals surface area contributed by atoms with E-state index in [2.05, 4.69) is 36.1 Å². The molecule has 13 heteroatoms. The summed E-state index contributed by atoms with van der Waals surface area (Å²) >= 11 is 0. The Balaban J connectivity index is 1.25. The number of halogens is 3. The molecule has 2 aromatic heterocycles. The maximum absolute atomic E-state index is 13.4. The van der Waals surface area contributed by atoms with Gasteiger partial charge in [0, 0.05) is 35.8 Å². The SMILES string of the molecule is O=C(NC1CCCN(C(=O)c2cn[nH]c2-c2ccc(-c3nn[nH]n3)cc2)C1)c1ccc(C(F)(F)F)cc1. The van der Waals surface area contributed by atoms with E-state index in [1.165, 1.54) is 6.20 Å². The summed E-state index contributed by atoms with van der Waals surface area (Å²) < 4.78 is 38.4. The van der Waals surface area contributed by atoms with E-state index in [4.69, 9.17) is 0 Å². The predicted molar refractivity (Wildman–Crippen MR) is 125 cm³/mol. The zero-order valence-electron chi connectivity index (χ0n) is 19.3. The van der Waals surface area contributed by atoms with Crippen molar-refractivity contribution in [3.8, 4) is 22.6 Å². The smallest absolute Gasteiger partial charge is 0.348 e. The Morgan fingerprint density at radius 3 is 2.43 bits per heavy atom. The van der Waals surface area contributed by atoms with Gasteiger partial charge in [0.25, 0.3) is 11.8 Å². The first-order valence-corrected chi connectivity index (χ1v) is 11.4. The number of aromatic nitrogens is 6. The topological polar surface area (TPSA) is 133 Å². The molecule has 1 saturated heterocycles. The molecule has 0 aliphatic carbocycles. The number of nitrogens with zero attached hydrogens (tertiary/aromatic N) is 5. The first kappa shape index (κ1) is 24.2. The molecule has 190 valence electrons. The third kappa shape index (κ3) is 5.20. The summed E-state index contributed by atoms with van der Waals surface area (Å²) in [5.74, 6) is -0.275. The number of carbonyl (C=O) groups is 2. The van der Waals surface area contributed by atoms with Crippen molar-refractivity contribution in [2.24, 2.45) is 0 Å². The summed E-state index contributed by atoms with van der Waals surface area (Å²) in [6.45, 7) is 0.777. The number of likely N-dealkylation sites (tertiary alicyclic amines) is 1. The van der Waals surface area contributed by atoms with Crippen molar-refractivity contribution in [3.05, 3.63) is 71.4 Å². The summed E-state index contributed by atoms with van der Waals surface area (Å²) in [7, 11) is 0. The van der Waals surface area contributed by atoms with Crippen LogP contribution >= 0.6 is 0 Å². The minimum Gasteiger partial charge on any atom is -0.348 e. The highest BCUT2D eigenvalue weighted by Crippen LogP contribution is 2.29. The zero-order chi connectivity index (χ0) is 26.0. The van der Waals surface area contributed by atoms with Crippen LogP contribution in [0.4, 0.5) is 13.2 Å². The number of piperidine rings is 1. The van der Waals surface area contributed by atoms with Crippen LogP contribution in [0.2, 0.25) is 0 Å². The molecule has 2 aromatic carbocycles. The first-order chi connectivity index (χ1) is 17.8. The molecule has 1 atom stereocenters. The van der Waals surface area contributed by atoms with Gasteiger partial charge in [0.2, 0.25) is 5.82 Å². The normalized spacial score (nSPS) is 16.0. The second-order valence-corrected chi connectivity index (χ2v) is 8.61. The van der Waals surface area contributed by atoms with Gasteiger partial charge in [-0.05, 0) is 42.3 Å². The maximum Gasteiger partial charge on any atom is 0.416 e. The lowest BCUT2D eigenvalue weighted by Crippen LogP contribution is -2.49. The lowest BCUT2D eigenvalue weighted by molar-refractivity contribution is -0.137. The largest absolute Gasteiger partial charge is 0.416 e. The van der Waals surface area contributed by atoms with Gasteiger partial charge >= 0.3 is 6.18 Å². The average Bonchev–Trinajstić information content (AvgIpc) is 3.61. The standard InChI is InChI=1S/C24H21F3N8O2/c25-24(26,27)17-9-7-16(8-10-17)22(36)29-18-2-1-11-35(13-18)23(37)19-12-28-30-20(19)14-3-5-15(6-4-14)21-31-33-34-32-21/h3-10,12,18H,1-2,11,13H2,(H,28,30)(H,29,36)(H,31,32,33,34). The van der Waals surface area contributed by atoms with Crippen LogP contribution in [0.3, 0.4) is 0 Å². The highest BCUT2D eigenvalue weighted by Gasteiger charge is 2.31. The van der Waals surface area contributed by atoms with Crippen LogP contribution in [0.25, 0.3) is 22.6 Å². The summed E-state index contributed by atoms with van der Waals surface area (Å²) in [5, 5.41) is 23.6. The number of benzene rings is 2. The monoisotopic (exact) mass is 510 g/mol. The number of nitrogens with one attached hydrogen (secondary N) is 3. The maximum atomic E-state index is 13.4. The third-order valence-electron chi connectivity index (χ3n) is 6.17. The molecule has 2 amide bonds. The number of rotatable bonds is 5. The molecule has 5 rings (SSSR count). The van der Waals surface area contributed by atoms with E-state index in [0.717, 1.165) is 35.4 Å². The molecule has 4 aromatic rings. The summed E-state index contributed by atoms with van der Waals surface area (Å²) in [6, 6.07) is 11.0. The van der Waals surface area contributed by atoms with E-state index in [-0.39, 0.29) is 24.1 Å². The van der Waals surface area contributed by atoms with Crippen molar-refractivity contribution < 1.29 is 22.8 Å². The Morgan fingerprint density at radius 1 is 1.03 bits per heavy atom. The van der Waals surface area contributed by atoms with Gasteiger partial charge in [-0.3, -0.25) is 14.7 Å². The molecule has 0 bridgehead atoms. The van der Waals surface area contributed by atoms with E-state index >= 15 is 0 Å². The molecule has 3 heterocycles. The molecule has 0 radical (unpaired) electrons. The number of H-pyrrole nitrogens is 2. The molecule has 1 fully saturated rings. The van der Waals surface area contributed by atoms with Crippen molar-refractivity contribution in [2.75, 3.05) is 13.1 Å². The average molecular weight is 510 g/mol. The number of aromatic amines is 2. The number of carbonyl (C=O) groups excluding carboxylic acids is 2. The Bertz CT molecular complexity index is 1380. The van der Waals surface area contributed by atoms with E-state index in [1.54, 1.807) is 4.90 Å². The number of alkyl halides is 3. The Labute approximate surface area is 208 Å². The van der Waals surface area contributed by atoms with Crippen LogP contribution in [-0.4, -0.2) is 66.7 Å². The lowest BCUT2D eigenvalue weighted by Gasteiger charge is -2.33. The van der Waals surface area contributed by atoms with Crippen LogP contribution in [0.5, 0.6) is 0 Å². The first-order valence-electron chi connectivity index (χ1n) is 11.4. The fourth-order valence-corrected chi connectivity index (χ4v) is 4.27. The minimum absolute atomic E-state index is 0.123. The van der Waals surface area contributed by atoms with Gasteiger partial charge in [0.05, 0.1) is 23.0 Å². The molecule has 3 N–H and O–H groups in total. The van der Waals surface area contributed by atoms with Crippen LogP contribution < -0.4 is 5.32 Å². The predicted octanol–water partition coefficient (Wildman–Crippen LogP) is 3.31. The van der Waals surface area contributed by atoms with Crippen molar-refractivity contribution in [3.63, 3.8) is 0 Å². The Kier molecular flexibility index (Phi) is 6.42. The quantitative estimate of drug-likeness (QED) is 0.377. The molecule has 0 spiro atoms. The van der Waals surface area contributed by atoms with Crippen molar-refractivity contribution in [1.29, 1.82) is 0 Å². The van der Waals surface area contributed by atoms with Crippen molar-refractivity contribution in [1.82, 2.24) is 41.0 Å². The lowest BCUT2D eigenvalue weighted by atomic mass is 10.0. The molecule has 1 aliphatic rings. The molecular weight excluding hydrogens is 489 g/mol. The Hall–Kier alpha value is -4.55. The summed E-state index contributed by atoms with van der Waals surface area (Å²) in [5.41, 5.74) is 1.75. The van der Waals surface area contributed by atoms with E-state index in [0.29, 0.717) is 36.5 Å². The highest BCUT2D eigenvalue weighted by atomic mass is 19.4. The molecule has 1 aliphatic heterocycles. The second-order valence-electron chi connectivity index (χ2n) is 8.61. The van der Waals surface area contributed by atoms with Crippen molar-refractivity contribution in [2.45, 2.75) is 25.1 Å². The van der Waals surface area contributed by atoms with E-state index < -0.39 is 17.6 Å². The molecule has 1 unspecified atom stereocenters. The number of hydrogen-bond acceptors (Lipinski definition) is 6. The van der Waals surface area contributed by atoms with Gasteiger partial charge in [0.15, 0.2) is 0 Å². The van der Waals surface area contributed by atoms with Crippen LogP contribution in [0.1, 0.15) is 39.1 Å². The summed E-state index contributed by atoms with van der Waals surface area (Å²) in [6.07, 6.45) is -1.70. The summed E-state index contributed by atoms with van der Waals surface area (Å²) in [4.78, 5) is 27.6. The van der Waals surface area contributed by atoms with E-state index in [9.17, 15) is 22.8 Å². The van der Waals surface area contributed by atoms with Crippen LogP contribution in [0, 0.1) is 0 Å². The number of amides is 2. The fourth-order valence-electron chi connectivity index (χ4n) is 4.27. The third-order valence-corrected chi connectivity index (χ3v) is 6.17. The molecule has 10 nitrogen and oxygen atoms in total. The Morgan fingerprint density at radius 2 is 1.76 bits per heavy atom. The van der Waals surface area contributed by atoms with E-state index in [1.807, 2.05) is 24.3 Å². The van der Waals surface area contributed by atoms with Gasteiger partial charge < -0.3 is 10.2 Å². The van der Waals surface area contributed by atoms with Crippen molar-refractivity contribution >= 4 is 11.8 Å². The van der Waals surface area contributed by atoms with Gasteiger partial charge in [-0.15, -0.1) is 10.2 Å². The minimum atomic E-state index is -4.47. The van der Waals surface area contributed by atoms with Crippen LogP contribution in [0.15, 0.2) is 54.7 Å². The van der Waals surface area contributed by atoms with Gasteiger partial charge in [-0.1, -0.05) is 24.3 Å². The number of hydrogen-bond donors (Lipinski definition) is 3. The molecule has 37 heavy (non-hydrogen) atoms. The van der Waals surface area contributed by atoms with Gasteiger partial charge in [-0.2, -0.15) is 23.5 Å². The fraction of sp³-hybridized carbons (Fsp3) is 0.250. The van der Waals surface area contributed by atoms with Gasteiger partial charge in [-0.25, -0.2) is 0 Å². The zero-order valence-corrected chi connectivity index (χ0v) is 19.3.